The highest BCUT2D eigenvalue weighted by Gasteiger charge is 2.14. The Morgan fingerprint density at radius 1 is 1.11 bits per heavy atom. The molecule has 90 valence electrons. The molecule has 0 saturated heterocycles. The molecule has 0 aromatic heterocycles. The summed E-state index contributed by atoms with van der Waals surface area (Å²) < 4.78 is 5.48. The minimum Gasteiger partial charge on any atom is -0.450 e. The number of ether oxygens (including phenoxy) is 1. The van der Waals surface area contributed by atoms with E-state index in [1.54, 1.807) is 47.8 Å². The summed E-state index contributed by atoms with van der Waals surface area (Å²) in [7, 11) is 0. The largest absolute Gasteiger partial charge is 0.450 e. The summed E-state index contributed by atoms with van der Waals surface area (Å²) in [6.45, 7) is 0. The fraction of sp³-hybridized carbons (Fsp3) is 0. The van der Waals surface area contributed by atoms with Gasteiger partial charge < -0.3 is 4.74 Å². The van der Waals surface area contributed by atoms with E-state index in [0.29, 0.717) is 5.75 Å². The zero-order chi connectivity index (χ0) is 13.0. The number of para-hydroxylation sites is 2. The third-order valence-corrected chi connectivity index (χ3v) is 2.58. The van der Waals surface area contributed by atoms with E-state index in [2.05, 4.69) is 0 Å². The molecule has 0 heterocycles. The first kappa shape index (κ1) is 12.2. The highest BCUT2D eigenvalue weighted by Crippen LogP contribution is 2.30. The Morgan fingerprint density at radius 2 is 1.78 bits per heavy atom. The van der Waals surface area contributed by atoms with Crippen molar-refractivity contribution in [1.82, 2.24) is 0 Å². The zero-order valence-electron chi connectivity index (χ0n) is 9.28. The van der Waals surface area contributed by atoms with Crippen molar-refractivity contribution >= 4 is 23.3 Å². The molecule has 2 aromatic carbocycles. The highest BCUT2D eigenvalue weighted by molar-refractivity contribution is 7.79. The van der Waals surface area contributed by atoms with E-state index in [1.807, 2.05) is 0 Å². The smallest absolute Gasteiger partial charge is 0.311 e. The molecule has 0 aliphatic carbocycles. The summed E-state index contributed by atoms with van der Waals surface area (Å²) in [6.07, 6.45) is 0. The van der Waals surface area contributed by atoms with Crippen LogP contribution in [0.2, 0.25) is 0 Å². The Kier molecular flexibility index (Phi) is 3.64. The molecule has 0 radical (unpaired) electrons. The van der Waals surface area contributed by atoms with Gasteiger partial charge in [-0.3, -0.25) is 10.1 Å². The van der Waals surface area contributed by atoms with Gasteiger partial charge in [-0.25, -0.2) is 0 Å². The van der Waals surface area contributed by atoms with Gasteiger partial charge in [0.2, 0.25) is 5.75 Å². The summed E-state index contributed by atoms with van der Waals surface area (Å²) in [5.74, 6) is 0.752. The Morgan fingerprint density at radius 3 is 2.39 bits per heavy atom. The number of rotatable bonds is 4. The summed E-state index contributed by atoms with van der Waals surface area (Å²) >= 11 is 4.79. The average molecular weight is 259 g/mol. The lowest BCUT2D eigenvalue weighted by Crippen LogP contribution is -1.93. The summed E-state index contributed by atoms with van der Waals surface area (Å²) in [5.41, 5.74) is 0.830. The van der Waals surface area contributed by atoms with Crippen molar-refractivity contribution in [2.45, 2.75) is 0 Å². The van der Waals surface area contributed by atoms with Crippen LogP contribution in [0.15, 0.2) is 48.5 Å². The molecule has 0 amide bonds. The molecule has 4 nitrogen and oxygen atoms in total. The first-order valence-electron chi connectivity index (χ1n) is 5.17. The average Bonchev–Trinajstić information content (AvgIpc) is 2.40. The predicted molar refractivity (Wildman–Crippen MR) is 72.4 cm³/mol. The minimum absolute atomic E-state index is 0.0589. The first-order valence-corrected chi connectivity index (χ1v) is 5.64. The van der Waals surface area contributed by atoms with Crippen molar-refractivity contribution in [3.63, 3.8) is 0 Å². The second-order valence-electron chi connectivity index (χ2n) is 3.51. The van der Waals surface area contributed by atoms with Gasteiger partial charge in [-0.2, -0.15) is 0 Å². The van der Waals surface area contributed by atoms with Crippen LogP contribution in [0.4, 0.5) is 5.69 Å². The van der Waals surface area contributed by atoms with Crippen LogP contribution >= 0.6 is 12.2 Å². The van der Waals surface area contributed by atoms with Crippen LogP contribution in [0.5, 0.6) is 11.5 Å². The Labute approximate surface area is 109 Å². The SMILES string of the molecule is O=[N+]([O-])c1ccccc1Oc1ccc(C=S)cc1. The Balaban J connectivity index is 2.28. The molecular weight excluding hydrogens is 250 g/mol. The number of nitro groups is 1. The second kappa shape index (κ2) is 5.37. The van der Waals surface area contributed by atoms with Gasteiger partial charge in [0.25, 0.3) is 0 Å². The van der Waals surface area contributed by atoms with Gasteiger partial charge in [0, 0.05) is 11.4 Å². The van der Waals surface area contributed by atoms with Gasteiger partial charge in [0.05, 0.1) is 4.92 Å². The monoisotopic (exact) mass is 259 g/mol. The maximum absolute atomic E-state index is 10.8. The van der Waals surface area contributed by atoms with E-state index in [4.69, 9.17) is 17.0 Å². The van der Waals surface area contributed by atoms with E-state index in [1.165, 1.54) is 6.07 Å². The van der Waals surface area contributed by atoms with Crippen molar-refractivity contribution < 1.29 is 9.66 Å². The number of nitrogens with zero attached hydrogens (tertiary/aromatic N) is 1. The topological polar surface area (TPSA) is 52.4 Å². The van der Waals surface area contributed by atoms with Crippen LogP contribution in [0.3, 0.4) is 0 Å². The maximum Gasteiger partial charge on any atom is 0.311 e. The Hall–Kier alpha value is -2.27. The number of nitro benzene ring substituents is 1. The van der Waals surface area contributed by atoms with Crippen LogP contribution in [0.25, 0.3) is 0 Å². The molecule has 0 saturated carbocycles. The van der Waals surface area contributed by atoms with Crippen LogP contribution in [0.1, 0.15) is 5.56 Å². The van der Waals surface area contributed by atoms with Gasteiger partial charge >= 0.3 is 5.69 Å². The van der Waals surface area contributed by atoms with Gasteiger partial charge in [-0.1, -0.05) is 36.5 Å². The van der Waals surface area contributed by atoms with Crippen LogP contribution in [0, 0.1) is 10.1 Å². The lowest BCUT2D eigenvalue weighted by atomic mass is 10.2. The minimum atomic E-state index is -0.472. The first-order chi connectivity index (χ1) is 8.70. The molecule has 0 aliphatic heterocycles. The summed E-state index contributed by atoms with van der Waals surface area (Å²) in [5, 5.41) is 12.4. The predicted octanol–water partition coefficient (Wildman–Crippen LogP) is 3.73. The fourth-order valence-electron chi connectivity index (χ4n) is 1.44. The molecule has 0 bridgehead atoms. The molecule has 2 aromatic rings. The van der Waals surface area contributed by atoms with Crippen molar-refractivity contribution in [3.05, 3.63) is 64.2 Å². The lowest BCUT2D eigenvalue weighted by Gasteiger charge is -2.05. The van der Waals surface area contributed by atoms with E-state index in [9.17, 15) is 10.1 Å². The van der Waals surface area contributed by atoms with Crippen molar-refractivity contribution in [3.8, 4) is 11.5 Å². The van der Waals surface area contributed by atoms with Crippen LogP contribution < -0.4 is 4.74 Å². The molecule has 0 unspecified atom stereocenters. The molecular formula is C13H9NO3S. The van der Waals surface area contributed by atoms with Gasteiger partial charge in [-0.05, 0) is 23.8 Å². The molecule has 0 atom stereocenters. The molecule has 18 heavy (non-hydrogen) atoms. The zero-order valence-corrected chi connectivity index (χ0v) is 10.1. The number of hydrogen-bond acceptors (Lipinski definition) is 4. The van der Waals surface area contributed by atoms with E-state index < -0.39 is 4.92 Å². The van der Waals surface area contributed by atoms with Crippen molar-refractivity contribution in [2.24, 2.45) is 0 Å². The molecule has 0 spiro atoms. The summed E-state index contributed by atoms with van der Waals surface area (Å²) in [4.78, 5) is 10.3. The lowest BCUT2D eigenvalue weighted by molar-refractivity contribution is -0.385. The van der Waals surface area contributed by atoms with Crippen molar-refractivity contribution in [1.29, 1.82) is 0 Å². The third-order valence-electron chi connectivity index (χ3n) is 2.31. The number of thiocarbonyl (C=S) groups is 1. The van der Waals surface area contributed by atoms with E-state index >= 15 is 0 Å². The van der Waals surface area contributed by atoms with E-state index in [0.717, 1.165) is 5.56 Å². The summed E-state index contributed by atoms with van der Waals surface area (Å²) in [6, 6.07) is 13.3. The highest BCUT2D eigenvalue weighted by atomic mass is 32.1. The van der Waals surface area contributed by atoms with Gasteiger partial charge in [-0.15, -0.1) is 0 Å². The van der Waals surface area contributed by atoms with Crippen LogP contribution in [-0.2, 0) is 0 Å². The quantitative estimate of drug-likeness (QED) is 0.477. The molecule has 0 N–H and O–H groups in total. The Bertz CT molecular complexity index is 581. The standard InChI is InChI=1S/C13H9NO3S/c15-14(16)12-3-1-2-4-13(12)17-11-7-5-10(9-18)6-8-11/h1-9H. The number of benzene rings is 2. The third kappa shape index (κ3) is 2.70. The van der Waals surface area contributed by atoms with E-state index in [-0.39, 0.29) is 11.4 Å². The molecule has 5 heteroatoms. The van der Waals surface area contributed by atoms with Crippen molar-refractivity contribution in [2.75, 3.05) is 0 Å². The number of hydrogen-bond donors (Lipinski definition) is 0. The molecule has 0 aliphatic rings. The maximum atomic E-state index is 10.8. The molecule has 0 fully saturated rings. The fourth-order valence-corrected chi connectivity index (χ4v) is 1.59. The van der Waals surface area contributed by atoms with Gasteiger partial charge in [0.1, 0.15) is 5.75 Å². The second-order valence-corrected chi connectivity index (χ2v) is 3.75. The van der Waals surface area contributed by atoms with Crippen LogP contribution in [-0.4, -0.2) is 10.3 Å². The normalized spacial score (nSPS) is 9.78. The molecule has 2 rings (SSSR count). The van der Waals surface area contributed by atoms with Gasteiger partial charge in [0.15, 0.2) is 0 Å².